The van der Waals surface area contributed by atoms with Crippen LogP contribution in [-0.2, 0) is 0 Å². The number of nitrogen functional groups attached to an aromatic ring is 1. The molecule has 0 aromatic carbocycles. The highest BCUT2D eigenvalue weighted by Crippen LogP contribution is 2.29. The quantitative estimate of drug-likeness (QED) is 0.586. The lowest BCUT2D eigenvalue weighted by Gasteiger charge is -2.15. The number of aliphatic hydroxyl groups excluding tert-OH is 1. The van der Waals surface area contributed by atoms with Crippen molar-refractivity contribution in [1.82, 2.24) is 9.97 Å². The molecule has 2 unspecified atom stereocenters. The number of thiophene rings is 1. The maximum absolute atomic E-state index is 9.27. The Morgan fingerprint density at radius 1 is 1.39 bits per heavy atom. The lowest BCUT2D eigenvalue weighted by atomic mass is 10.1. The van der Waals surface area contributed by atoms with E-state index >= 15 is 0 Å². The van der Waals surface area contributed by atoms with Crippen LogP contribution in [0.3, 0.4) is 0 Å². The maximum atomic E-state index is 9.27. The molecule has 0 radical (unpaired) electrons. The van der Waals surface area contributed by atoms with Crippen molar-refractivity contribution in [1.29, 1.82) is 0 Å². The molecule has 120 valence electrons. The molecule has 1 fully saturated rings. The summed E-state index contributed by atoms with van der Waals surface area (Å²) < 4.78 is 0. The van der Waals surface area contributed by atoms with Crippen molar-refractivity contribution >= 4 is 34.7 Å². The van der Waals surface area contributed by atoms with Crippen LogP contribution in [0.25, 0.3) is 0 Å². The summed E-state index contributed by atoms with van der Waals surface area (Å²) in [6.07, 6.45) is 2.87. The van der Waals surface area contributed by atoms with Gasteiger partial charge in [0.15, 0.2) is 5.15 Å². The first-order valence-corrected chi connectivity index (χ1v) is 8.67. The van der Waals surface area contributed by atoms with E-state index in [1.165, 1.54) is 0 Å². The Kier molecular flexibility index (Phi) is 5.01. The van der Waals surface area contributed by atoms with Crippen molar-refractivity contribution in [3.8, 4) is 11.8 Å². The third-order valence-electron chi connectivity index (χ3n) is 3.85. The van der Waals surface area contributed by atoms with E-state index in [1.54, 1.807) is 11.3 Å². The van der Waals surface area contributed by atoms with E-state index in [9.17, 15) is 5.11 Å². The van der Waals surface area contributed by atoms with Gasteiger partial charge in [-0.3, -0.25) is 0 Å². The van der Waals surface area contributed by atoms with Crippen LogP contribution in [0, 0.1) is 17.8 Å². The lowest BCUT2D eigenvalue weighted by molar-refractivity contribution is 0.229. The van der Waals surface area contributed by atoms with E-state index in [4.69, 9.17) is 17.3 Å². The summed E-state index contributed by atoms with van der Waals surface area (Å²) in [5, 5.41) is 14.8. The van der Waals surface area contributed by atoms with Crippen LogP contribution in [0.1, 0.15) is 29.7 Å². The number of hydrogen-bond donors (Lipinski definition) is 3. The van der Waals surface area contributed by atoms with Crippen molar-refractivity contribution in [2.24, 2.45) is 5.92 Å². The number of anilines is 2. The molecule has 1 saturated carbocycles. The zero-order valence-electron chi connectivity index (χ0n) is 12.4. The van der Waals surface area contributed by atoms with Gasteiger partial charge >= 0.3 is 0 Å². The summed E-state index contributed by atoms with van der Waals surface area (Å²) in [6.45, 7) is 0.218. The molecule has 0 amide bonds. The molecule has 7 heteroatoms. The molecule has 1 aliphatic carbocycles. The standard InChI is InChI=1S/C16H17ClN4OS/c17-14-13(6-5-12-2-1-7-23-12)15(21-16(18)20-14)19-11-4-3-10(8-11)9-22/h1-2,7,10-11,22H,3-4,8-9H2,(H3,18,19,20,21). The molecule has 2 atom stereocenters. The van der Waals surface area contributed by atoms with Gasteiger partial charge in [-0.05, 0) is 36.6 Å². The molecule has 1 aliphatic rings. The number of rotatable bonds is 3. The van der Waals surface area contributed by atoms with E-state index in [1.807, 2.05) is 17.5 Å². The number of nitrogens with one attached hydrogen (secondary N) is 1. The smallest absolute Gasteiger partial charge is 0.223 e. The van der Waals surface area contributed by atoms with Crippen molar-refractivity contribution in [2.75, 3.05) is 17.7 Å². The lowest BCUT2D eigenvalue weighted by Crippen LogP contribution is -2.19. The summed E-state index contributed by atoms with van der Waals surface area (Å²) in [5.74, 6) is 7.14. The van der Waals surface area contributed by atoms with Gasteiger partial charge < -0.3 is 16.2 Å². The molecule has 0 bridgehead atoms. The predicted octanol–water partition coefficient (Wildman–Crippen LogP) is 2.75. The van der Waals surface area contributed by atoms with E-state index in [-0.39, 0.29) is 23.8 Å². The van der Waals surface area contributed by atoms with E-state index in [0.29, 0.717) is 17.3 Å². The number of nitrogens with zero attached hydrogens (tertiary/aromatic N) is 2. The van der Waals surface area contributed by atoms with Gasteiger partial charge in [0.05, 0.1) is 4.88 Å². The Labute approximate surface area is 143 Å². The molecule has 2 heterocycles. The molecule has 0 spiro atoms. The van der Waals surface area contributed by atoms with E-state index < -0.39 is 0 Å². The largest absolute Gasteiger partial charge is 0.396 e. The van der Waals surface area contributed by atoms with Crippen LogP contribution < -0.4 is 11.1 Å². The third-order valence-corrected chi connectivity index (χ3v) is 4.91. The first kappa shape index (κ1) is 16.1. The summed E-state index contributed by atoms with van der Waals surface area (Å²) in [4.78, 5) is 9.20. The Morgan fingerprint density at radius 3 is 2.96 bits per heavy atom. The Balaban J connectivity index is 1.86. The minimum Gasteiger partial charge on any atom is -0.396 e. The highest BCUT2D eigenvalue weighted by Gasteiger charge is 2.25. The molecule has 5 nitrogen and oxygen atoms in total. The second-order valence-electron chi connectivity index (χ2n) is 5.53. The molecule has 0 aliphatic heterocycles. The average Bonchev–Trinajstić information content (AvgIpc) is 3.17. The zero-order valence-corrected chi connectivity index (χ0v) is 14.0. The molecule has 3 rings (SSSR count). The number of aliphatic hydroxyl groups is 1. The van der Waals surface area contributed by atoms with Crippen LogP contribution >= 0.6 is 22.9 Å². The SMILES string of the molecule is Nc1nc(Cl)c(C#Cc2cccs2)c(NC2CCC(CO)C2)n1. The third kappa shape index (κ3) is 3.94. The van der Waals surface area contributed by atoms with Crippen LogP contribution in [0.4, 0.5) is 11.8 Å². The normalized spacial score (nSPS) is 20.1. The monoisotopic (exact) mass is 348 g/mol. The fraction of sp³-hybridized carbons (Fsp3) is 0.375. The van der Waals surface area contributed by atoms with Crippen molar-refractivity contribution in [3.63, 3.8) is 0 Å². The molecule has 0 saturated heterocycles. The fourth-order valence-electron chi connectivity index (χ4n) is 2.70. The minimum absolute atomic E-state index is 0.121. The fourth-order valence-corrected chi connectivity index (χ4v) is 3.50. The second kappa shape index (κ2) is 7.18. The highest BCUT2D eigenvalue weighted by molar-refractivity contribution is 7.10. The molecule has 2 aromatic heterocycles. The van der Waals surface area contributed by atoms with Gasteiger partial charge in [-0.2, -0.15) is 9.97 Å². The topological polar surface area (TPSA) is 84.1 Å². The average molecular weight is 349 g/mol. The van der Waals surface area contributed by atoms with Crippen LogP contribution in [0.2, 0.25) is 5.15 Å². The van der Waals surface area contributed by atoms with E-state index in [0.717, 1.165) is 24.1 Å². The highest BCUT2D eigenvalue weighted by atomic mass is 35.5. The second-order valence-corrected chi connectivity index (χ2v) is 6.83. The van der Waals surface area contributed by atoms with Gasteiger partial charge in [0, 0.05) is 12.6 Å². The summed E-state index contributed by atoms with van der Waals surface area (Å²) in [5.41, 5.74) is 6.27. The first-order valence-electron chi connectivity index (χ1n) is 7.41. The summed E-state index contributed by atoms with van der Waals surface area (Å²) in [7, 11) is 0. The van der Waals surface area contributed by atoms with E-state index in [2.05, 4.69) is 27.1 Å². The molecular weight excluding hydrogens is 332 g/mol. The van der Waals surface area contributed by atoms with Gasteiger partial charge in [0.1, 0.15) is 11.4 Å². The Bertz CT molecular complexity index is 739. The first-order chi connectivity index (χ1) is 11.2. The van der Waals surface area contributed by atoms with Gasteiger partial charge in [-0.15, -0.1) is 11.3 Å². The Morgan fingerprint density at radius 2 is 2.26 bits per heavy atom. The number of halogens is 1. The molecular formula is C16H17ClN4OS. The molecule has 23 heavy (non-hydrogen) atoms. The molecule has 2 aromatic rings. The van der Waals surface area contributed by atoms with Gasteiger partial charge in [0.2, 0.25) is 5.95 Å². The zero-order chi connectivity index (χ0) is 16.2. The summed E-state index contributed by atoms with van der Waals surface area (Å²) in [6, 6.07) is 4.13. The van der Waals surface area contributed by atoms with Crippen LogP contribution in [0.15, 0.2) is 17.5 Å². The maximum Gasteiger partial charge on any atom is 0.223 e. The Hall–Kier alpha value is -1.81. The van der Waals surface area contributed by atoms with Crippen molar-refractivity contribution in [2.45, 2.75) is 25.3 Å². The molecule has 4 N–H and O–H groups in total. The summed E-state index contributed by atoms with van der Waals surface area (Å²) >= 11 is 7.77. The van der Waals surface area contributed by atoms with Crippen molar-refractivity contribution in [3.05, 3.63) is 33.1 Å². The van der Waals surface area contributed by atoms with Crippen LogP contribution in [0.5, 0.6) is 0 Å². The number of nitrogens with two attached hydrogens (primary N) is 1. The van der Waals surface area contributed by atoms with Crippen molar-refractivity contribution < 1.29 is 5.11 Å². The van der Waals surface area contributed by atoms with Crippen LogP contribution in [-0.4, -0.2) is 27.7 Å². The van der Waals surface area contributed by atoms with Gasteiger partial charge in [-0.1, -0.05) is 29.5 Å². The number of hydrogen-bond acceptors (Lipinski definition) is 6. The predicted molar refractivity (Wildman–Crippen MR) is 93.6 cm³/mol. The number of aromatic nitrogens is 2. The van der Waals surface area contributed by atoms with Gasteiger partial charge in [-0.25, -0.2) is 0 Å². The van der Waals surface area contributed by atoms with Gasteiger partial charge in [0.25, 0.3) is 0 Å². The minimum atomic E-state index is 0.121.